The Morgan fingerprint density at radius 2 is 2.18 bits per heavy atom. The average Bonchev–Trinajstić information content (AvgIpc) is 3.20. The van der Waals surface area contributed by atoms with Crippen LogP contribution in [0.5, 0.6) is 0 Å². The van der Waals surface area contributed by atoms with Gasteiger partial charge in [-0.1, -0.05) is 12.1 Å². The minimum atomic E-state index is -0.475. The van der Waals surface area contributed by atoms with Crippen LogP contribution in [-0.2, 0) is 9.53 Å². The molecule has 2 aromatic rings. The second-order valence-electron chi connectivity index (χ2n) is 5.64. The molecule has 116 valence electrons. The molecule has 22 heavy (non-hydrogen) atoms. The van der Waals surface area contributed by atoms with Crippen molar-refractivity contribution in [3.8, 4) is 11.3 Å². The maximum absolute atomic E-state index is 12.6. The summed E-state index contributed by atoms with van der Waals surface area (Å²) in [6.07, 6.45) is 2.51. The summed E-state index contributed by atoms with van der Waals surface area (Å²) in [6, 6.07) is 9.62. The Morgan fingerprint density at radius 1 is 1.36 bits per heavy atom. The number of H-pyrrole nitrogens is 1. The number of nitrogens with zero attached hydrogens (tertiary/aromatic N) is 1. The van der Waals surface area contributed by atoms with E-state index in [9.17, 15) is 4.79 Å². The zero-order valence-corrected chi connectivity index (χ0v) is 12.6. The number of benzene rings is 1. The maximum Gasteiger partial charge on any atom is 0.234 e. The van der Waals surface area contributed by atoms with Crippen LogP contribution in [0.2, 0.25) is 0 Å². The van der Waals surface area contributed by atoms with Gasteiger partial charge in [0, 0.05) is 25.5 Å². The van der Waals surface area contributed by atoms with Crippen molar-refractivity contribution in [2.45, 2.75) is 6.42 Å². The molecule has 1 unspecified atom stereocenters. The topological polar surface area (TPSA) is 79.0 Å². The van der Waals surface area contributed by atoms with E-state index in [1.165, 1.54) is 0 Å². The molecule has 1 aromatic carbocycles. The largest absolute Gasteiger partial charge is 0.384 e. The zero-order chi connectivity index (χ0) is 15.4. The number of anilines is 1. The Morgan fingerprint density at radius 3 is 2.77 bits per heavy atom. The predicted molar refractivity (Wildman–Crippen MR) is 84.4 cm³/mol. The van der Waals surface area contributed by atoms with Gasteiger partial charge in [-0.2, -0.15) is 5.10 Å². The molecule has 1 aromatic heterocycles. The summed E-state index contributed by atoms with van der Waals surface area (Å²) in [5.41, 5.74) is 2.30. The van der Waals surface area contributed by atoms with Crippen LogP contribution in [0.4, 0.5) is 5.69 Å². The van der Waals surface area contributed by atoms with E-state index in [1.54, 1.807) is 13.3 Å². The van der Waals surface area contributed by atoms with Crippen LogP contribution in [0.15, 0.2) is 36.5 Å². The first-order valence-electron chi connectivity index (χ1n) is 7.34. The second-order valence-corrected chi connectivity index (χ2v) is 5.64. The number of carbonyl (C=O) groups excluding carboxylic acids is 1. The smallest absolute Gasteiger partial charge is 0.234 e. The third kappa shape index (κ3) is 2.88. The molecule has 1 aliphatic heterocycles. The average molecular weight is 300 g/mol. The number of ether oxygens (including phenoxy) is 1. The molecule has 1 amide bonds. The van der Waals surface area contributed by atoms with Crippen molar-refractivity contribution >= 4 is 11.6 Å². The Kier molecular flexibility index (Phi) is 4.22. The highest BCUT2D eigenvalue weighted by Crippen LogP contribution is 2.28. The molecular formula is C16H20N4O2. The normalized spacial score (nSPS) is 21.0. The molecule has 1 aliphatic rings. The van der Waals surface area contributed by atoms with E-state index in [1.807, 2.05) is 30.3 Å². The third-order valence-corrected chi connectivity index (χ3v) is 4.10. The van der Waals surface area contributed by atoms with Gasteiger partial charge in [0.2, 0.25) is 5.91 Å². The van der Waals surface area contributed by atoms with Crippen LogP contribution in [-0.4, -0.2) is 42.9 Å². The van der Waals surface area contributed by atoms with Crippen LogP contribution < -0.4 is 10.6 Å². The fraction of sp³-hybridized carbons (Fsp3) is 0.375. The number of nitrogens with one attached hydrogen (secondary N) is 3. The van der Waals surface area contributed by atoms with Crippen LogP contribution >= 0.6 is 0 Å². The molecule has 3 N–H and O–H groups in total. The lowest BCUT2D eigenvalue weighted by Gasteiger charge is -2.26. The third-order valence-electron chi connectivity index (χ3n) is 4.10. The molecule has 0 aliphatic carbocycles. The first kappa shape index (κ1) is 14.7. The van der Waals surface area contributed by atoms with Crippen molar-refractivity contribution in [3.05, 3.63) is 36.5 Å². The molecule has 1 atom stereocenters. The summed E-state index contributed by atoms with van der Waals surface area (Å²) in [4.78, 5) is 12.6. The summed E-state index contributed by atoms with van der Waals surface area (Å²) in [6.45, 7) is 1.92. The second kappa shape index (κ2) is 6.29. The Hall–Kier alpha value is -2.18. The van der Waals surface area contributed by atoms with E-state index < -0.39 is 5.41 Å². The molecule has 6 heteroatoms. The van der Waals surface area contributed by atoms with Gasteiger partial charge in [-0.3, -0.25) is 9.89 Å². The molecule has 6 nitrogen and oxygen atoms in total. The van der Waals surface area contributed by atoms with Gasteiger partial charge in [0.15, 0.2) is 0 Å². The first-order chi connectivity index (χ1) is 10.7. The summed E-state index contributed by atoms with van der Waals surface area (Å²) in [7, 11) is 1.63. The molecule has 3 rings (SSSR count). The van der Waals surface area contributed by atoms with E-state index in [0.29, 0.717) is 13.2 Å². The predicted octanol–water partition coefficient (Wildman–Crippen LogP) is 1.64. The van der Waals surface area contributed by atoms with Gasteiger partial charge in [-0.05, 0) is 36.7 Å². The summed E-state index contributed by atoms with van der Waals surface area (Å²) in [5.74, 6) is 0.00800. The highest BCUT2D eigenvalue weighted by atomic mass is 16.5. The van der Waals surface area contributed by atoms with E-state index >= 15 is 0 Å². The van der Waals surface area contributed by atoms with E-state index in [-0.39, 0.29) is 5.91 Å². The summed E-state index contributed by atoms with van der Waals surface area (Å²) in [5, 5.41) is 13.1. The number of hydrogen-bond donors (Lipinski definition) is 3. The van der Waals surface area contributed by atoms with Crippen molar-refractivity contribution in [3.63, 3.8) is 0 Å². The van der Waals surface area contributed by atoms with E-state index in [4.69, 9.17) is 4.74 Å². The van der Waals surface area contributed by atoms with Crippen molar-refractivity contribution in [1.29, 1.82) is 0 Å². The summed E-state index contributed by atoms with van der Waals surface area (Å²) < 4.78 is 5.24. The number of aromatic nitrogens is 2. The summed E-state index contributed by atoms with van der Waals surface area (Å²) >= 11 is 0. The molecular weight excluding hydrogens is 280 g/mol. The molecule has 1 saturated heterocycles. The SMILES string of the molecule is COCC1(C(=O)Nc2ccc(-c3ccn[nH]3)cc2)CCNC1. The fourth-order valence-electron chi connectivity index (χ4n) is 2.82. The molecule has 2 heterocycles. The monoisotopic (exact) mass is 300 g/mol. The highest BCUT2D eigenvalue weighted by Gasteiger charge is 2.41. The van der Waals surface area contributed by atoms with E-state index in [0.717, 1.165) is 29.9 Å². The Labute approximate surface area is 129 Å². The van der Waals surface area contributed by atoms with Gasteiger partial charge in [0.25, 0.3) is 0 Å². The van der Waals surface area contributed by atoms with E-state index in [2.05, 4.69) is 20.8 Å². The van der Waals surface area contributed by atoms with Crippen molar-refractivity contribution in [2.75, 3.05) is 32.1 Å². The lowest BCUT2D eigenvalue weighted by atomic mass is 9.87. The van der Waals surface area contributed by atoms with Gasteiger partial charge < -0.3 is 15.4 Å². The minimum absolute atomic E-state index is 0.00800. The lowest BCUT2D eigenvalue weighted by molar-refractivity contribution is -0.127. The van der Waals surface area contributed by atoms with Crippen LogP contribution in [0, 0.1) is 5.41 Å². The van der Waals surface area contributed by atoms with Crippen molar-refractivity contribution in [2.24, 2.45) is 5.41 Å². The molecule has 0 radical (unpaired) electrons. The van der Waals surface area contributed by atoms with Crippen LogP contribution in [0.1, 0.15) is 6.42 Å². The molecule has 0 bridgehead atoms. The van der Waals surface area contributed by atoms with Crippen molar-refractivity contribution < 1.29 is 9.53 Å². The van der Waals surface area contributed by atoms with Gasteiger partial charge in [0.1, 0.15) is 0 Å². The zero-order valence-electron chi connectivity index (χ0n) is 12.6. The quantitative estimate of drug-likeness (QED) is 0.784. The number of rotatable bonds is 5. The van der Waals surface area contributed by atoms with Crippen molar-refractivity contribution in [1.82, 2.24) is 15.5 Å². The minimum Gasteiger partial charge on any atom is -0.384 e. The standard InChI is InChI=1S/C16H20N4O2/c1-22-11-16(7-9-17-10-16)15(21)19-13-4-2-12(3-5-13)14-6-8-18-20-14/h2-6,8,17H,7,9-11H2,1H3,(H,18,20)(H,19,21). The molecule has 0 saturated carbocycles. The van der Waals surface area contributed by atoms with Gasteiger partial charge in [0.05, 0.1) is 17.7 Å². The van der Waals surface area contributed by atoms with Gasteiger partial charge in [-0.15, -0.1) is 0 Å². The number of aromatic amines is 1. The maximum atomic E-state index is 12.6. The Balaban J connectivity index is 1.71. The van der Waals surface area contributed by atoms with Crippen LogP contribution in [0.3, 0.4) is 0 Å². The number of amides is 1. The highest BCUT2D eigenvalue weighted by molar-refractivity contribution is 5.96. The van der Waals surface area contributed by atoms with Gasteiger partial charge >= 0.3 is 0 Å². The number of carbonyl (C=O) groups is 1. The number of methoxy groups -OCH3 is 1. The van der Waals surface area contributed by atoms with Crippen LogP contribution in [0.25, 0.3) is 11.3 Å². The molecule has 1 fully saturated rings. The first-order valence-corrected chi connectivity index (χ1v) is 7.34. The fourth-order valence-corrected chi connectivity index (χ4v) is 2.82. The lowest BCUT2D eigenvalue weighted by Crippen LogP contribution is -2.41. The van der Waals surface area contributed by atoms with Gasteiger partial charge in [-0.25, -0.2) is 0 Å². The number of hydrogen-bond acceptors (Lipinski definition) is 4. The Bertz CT molecular complexity index is 616. The molecule has 0 spiro atoms.